The largest absolute Gasteiger partial charge is 0.478 e. The average molecular weight is 440 g/mol. The maximum absolute atomic E-state index is 14.8. The van der Waals surface area contributed by atoms with Gasteiger partial charge in [-0.05, 0) is 39.8 Å². The van der Waals surface area contributed by atoms with Crippen LogP contribution in [0.1, 0.15) is 39.2 Å². The van der Waals surface area contributed by atoms with Gasteiger partial charge in [0.1, 0.15) is 12.4 Å². The first-order valence-corrected chi connectivity index (χ1v) is 9.53. The molecule has 0 bridgehead atoms. The Hall–Kier alpha value is -2.87. The minimum atomic E-state index is -1.38. The summed E-state index contributed by atoms with van der Waals surface area (Å²) >= 11 is 6.23. The van der Waals surface area contributed by atoms with Gasteiger partial charge in [-0.25, -0.2) is 14.0 Å². The Kier molecular flexibility index (Phi) is 7.25. The van der Waals surface area contributed by atoms with Gasteiger partial charge in [0.2, 0.25) is 0 Å². The third-order valence-corrected chi connectivity index (χ3v) is 5.09. The van der Waals surface area contributed by atoms with E-state index in [1.54, 1.807) is 13.8 Å². The van der Waals surface area contributed by atoms with Crippen molar-refractivity contribution >= 4 is 29.5 Å². The van der Waals surface area contributed by atoms with Gasteiger partial charge in [0.25, 0.3) is 0 Å². The summed E-state index contributed by atoms with van der Waals surface area (Å²) in [6, 6.07) is 3.93. The van der Waals surface area contributed by atoms with Crippen LogP contribution in [0.4, 0.5) is 4.39 Å². The van der Waals surface area contributed by atoms with E-state index in [1.165, 1.54) is 38.0 Å². The molecule has 1 atom stereocenters. The summed E-state index contributed by atoms with van der Waals surface area (Å²) in [5.74, 6) is -4.93. The second-order valence-electron chi connectivity index (χ2n) is 6.99. The maximum atomic E-state index is 14.8. The van der Waals surface area contributed by atoms with Crippen LogP contribution in [0, 0.1) is 5.82 Å². The van der Waals surface area contributed by atoms with E-state index in [1.807, 2.05) is 0 Å². The fourth-order valence-electron chi connectivity index (χ4n) is 3.43. The van der Waals surface area contributed by atoms with Gasteiger partial charge in [0.15, 0.2) is 0 Å². The lowest BCUT2D eigenvalue weighted by molar-refractivity contribution is -0.144. The van der Waals surface area contributed by atoms with Crippen molar-refractivity contribution in [2.75, 3.05) is 13.7 Å². The summed E-state index contributed by atoms with van der Waals surface area (Å²) in [6.07, 6.45) is -0.510. The first-order chi connectivity index (χ1) is 14.0. The van der Waals surface area contributed by atoms with Crippen LogP contribution in [0.2, 0.25) is 5.02 Å². The highest BCUT2D eigenvalue weighted by atomic mass is 35.5. The van der Waals surface area contributed by atoms with Crippen molar-refractivity contribution in [3.63, 3.8) is 0 Å². The zero-order chi connectivity index (χ0) is 22.7. The van der Waals surface area contributed by atoms with Crippen molar-refractivity contribution in [3.8, 4) is 0 Å². The quantitative estimate of drug-likeness (QED) is 0.676. The number of hydrogen-bond donors (Lipinski definition) is 1. The normalized spacial score (nSPS) is 16.8. The molecule has 0 fully saturated rings. The Labute approximate surface area is 178 Å². The molecule has 1 N–H and O–H groups in total. The molecule has 1 unspecified atom stereocenters. The Morgan fingerprint density at radius 1 is 1.20 bits per heavy atom. The Balaban J connectivity index is 2.85. The first kappa shape index (κ1) is 23.4. The van der Waals surface area contributed by atoms with Crippen molar-refractivity contribution in [2.45, 2.75) is 39.7 Å². The molecule has 7 nitrogen and oxygen atoms in total. The number of carboxylic acid groups (broad SMARTS) is 1. The van der Waals surface area contributed by atoms with E-state index in [9.17, 15) is 23.9 Å². The van der Waals surface area contributed by atoms with E-state index in [2.05, 4.69) is 4.74 Å². The fourth-order valence-corrected chi connectivity index (χ4v) is 3.70. The van der Waals surface area contributed by atoms with Crippen LogP contribution in [-0.4, -0.2) is 47.7 Å². The molecule has 0 spiro atoms. The van der Waals surface area contributed by atoms with E-state index >= 15 is 0 Å². The monoisotopic (exact) mass is 439 g/mol. The van der Waals surface area contributed by atoms with Crippen LogP contribution in [0.25, 0.3) is 0 Å². The number of allylic oxidation sites excluding steroid dienone is 2. The van der Waals surface area contributed by atoms with Gasteiger partial charge >= 0.3 is 17.9 Å². The molecular formula is C21H23ClFNO6. The topological polar surface area (TPSA) is 93.1 Å². The van der Waals surface area contributed by atoms with Crippen molar-refractivity contribution in [1.82, 2.24) is 4.90 Å². The number of carbonyl (C=O) groups is 3. The smallest absolute Gasteiger partial charge is 0.337 e. The Morgan fingerprint density at radius 2 is 1.80 bits per heavy atom. The number of halogens is 2. The molecule has 2 rings (SSSR count). The van der Waals surface area contributed by atoms with E-state index in [0.717, 1.165) is 6.07 Å². The van der Waals surface area contributed by atoms with Gasteiger partial charge in [-0.15, -0.1) is 0 Å². The first-order valence-electron chi connectivity index (χ1n) is 9.15. The second-order valence-corrected chi connectivity index (χ2v) is 7.40. The summed E-state index contributed by atoms with van der Waals surface area (Å²) in [7, 11) is 1.19. The van der Waals surface area contributed by atoms with Gasteiger partial charge in [0, 0.05) is 22.0 Å². The highest BCUT2D eigenvalue weighted by molar-refractivity contribution is 6.31. The number of ether oxygens (including phenoxy) is 2. The number of hydrogen-bond acceptors (Lipinski definition) is 6. The molecular weight excluding hydrogens is 417 g/mol. The predicted molar refractivity (Wildman–Crippen MR) is 107 cm³/mol. The number of carboxylic acids is 1. The van der Waals surface area contributed by atoms with Crippen molar-refractivity contribution in [3.05, 3.63) is 57.1 Å². The number of nitrogens with zero attached hydrogens (tertiary/aromatic N) is 1. The van der Waals surface area contributed by atoms with Crippen LogP contribution in [0.3, 0.4) is 0 Å². The number of carbonyl (C=O) groups excluding carboxylic acids is 2. The van der Waals surface area contributed by atoms with Gasteiger partial charge < -0.3 is 19.5 Å². The van der Waals surface area contributed by atoms with Crippen LogP contribution >= 0.6 is 11.6 Å². The maximum Gasteiger partial charge on any atom is 0.337 e. The lowest BCUT2D eigenvalue weighted by Gasteiger charge is -2.37. The Bertz CT molecular complexity index is 933. The second kappa shape index (κ2) is 9.30. The Morgan fingerprint density at radius 3 is 2.30 bits per heavy atom. The molecule has 1 aliphatic rings. The van der Waals surface area contributed by atoms with Gasteiger partial charge in [-0.1, -0.05) is 17.7 Å². The number of esters is 2. The third-order valence-electron chi connectivity index (χ3n) is 4.76. The van der Waals surface area contributed by atoms with Crippen LogP contribution in [-0.2, 0) is 23.9 Å². The lowest BCUT2D eigenvalue weighted by atomic mass is 9.79. The van der Waals surface area contributed by atoms with E-state index in [0.29, 0.717) is 0 Å². The van der Waals surface area contributed by atoms with Crippen molar-refractivity contribution in [1.29, 1.82) is 0 Å². The summed E-state index contributed by atoms with van der Waals surface area (Å²) in [6.45, 7) is 5.94. The van der Waals surface area contributed by atoms with E-state index < -0.39 is 35.7 Å². The molecule has 162 valence electrons. The number of methoxy groups -OCH3 is 1. The van der Waals surface area contributed by atoms with Crippen LogP contribution < -0.4 is 0 Å². The molecule has 1 aliphatic heterocycles. The third kappa shape index (κ3) is 4.48. The molecule has 9 heteroatoms. The SMILES string of the molecule is COC(=O)CN1C(C)=C(C(=O)O)C(c2c(F)cccc2Cl)C(C(=O)OC(C)C)=C1C. The molecule has 0 saturated carbocycles. The number of benzene rings is 1. The molecule has 0 radical (unpaired) electrons. The highest BCUT2D eigenvalue weighted by Crippen LogP contribution is 2.45. The lowest BCUT2D eigenvalue weighted by Crippen LogP contribution is -2.38. The van der Waals surface area contributed by atoms with Crippen molar-refractivity contribution in [2.24, 2.45) is 0 Å². The summed E-state index contributed by atoms with van der Waals surface area (Å²) in [4.78, 5) is 38.5. The molecule has 30 heavy (non-hydrogen) atoms. The van der Waals surface area contributed by atoms with Gasteiger partial charge in [0.05, 0.1) is 30.3 Å². The molecule has 1 aromatic rings. The van der Waals surface area contributed by atoms with Crippen LogP contribution in [0.5, 0.6) is 0 Å². The van der Waals surface area contributed by atoms with E-state index in [4.69, 9.17) is 16.3 Å². The summed E-state index contributed by atoms with van der Waals surface area (Å²) in [5.41, 5.74) is -0.132. The van der Waals surface area contributed by atoms with Gasteiger partial charge in [-0.3, -0.25) is 4.79 Å². The zero-order valence-electron chi connectivity index (χ0n) is 17.3. The molecule has 0 aromatic heterocycles. The standard InChI is InChI=1S/C21H23ClFNO6/c1-10(2)30-21(28)17-12(4)24(9-15(25)29-5)11(3)16(20(26)27)19(17)18-13(22)7-6-8-14(18)23/h6-8,10,19H,9H2,1-5H3,(H,26,27). The molecule has 0 saturated heterocycles. The molecule has 1 heterocycles. The number of rotatable bonds is 6. The molecule has 1 aromatic carbocycles. The minimum absolute atomic E-state index is 0.0318. The highest BCUT2D eigenvalue weighted by Gasteiger charge is 2.42. The summed E-state index contributed by atoms with van der Waals surface area (Å²) < 4.78 is 24.8. The van der Waals surface area contributed by atoms with Gasteiger partial charge in [-0.2, -0.15) is 0 Å². The van der Waals surface area contributed by atoms with Crippen LogP contribution in [0.15, 0.2) is 40.7 Å². The average Bonchev–Trinajstić information content (AvgIpc) is 2.63. The minimum Gasteiger partial charge on any atom is -0.478 e. The fraction of sp³-hybridized carbons (Fsp3) is 0.381. The zero-order valence-corrected chi connectivity index (χ0v) is 18.0. The van der Waals surface area contributed by atoms with Crippen molar-refractivity contribution < 1.29 is 33.4 Å². The van der Waals surface area contributed by atoms with E-state index in [-0.39, 0.29) is 39.7 Å². The summed E-state index contributed by atoms with van der Waals surface area (Å²) in [5, 5.41) is 9.93. The molecule has 0 aliphatic carbocycles. The number of aliphatic carboxylic acids is 1. The molecule has 0 amide bonds. The predicted octanol–water partition coefficient (Wildman–Crippen LogP) is 3.64.